The Morgan fingerprint density at radius 2 is 1.85 bits per heavy atom. The molecular weight excluding hydrogens is 446 g/mol. The maximum Gasteiger partial charge on any atom is 0.313 e. The largest absolute Gasteiger partial charge is 0.482 e. The molecule has 0 aliphatic carbocycles. The Kier molecular flexibility index (Phi) is 6.10. The van der Waals surface area contributed by atoms with Crippen molar-refractivity contribution in [2.75, 3.05) is 5.01 Å². The second-order valence-electron chi connectivity index (χ2n) is 7.35. The first kappa shape index (κ1) is 22.0. The van der Waals surface area contributed by atoms with Gasteiger partial charge < -0.3 is 4.74 Å². The van der Waals surface area contributed by atoms with Crippen LogP contribution in [0.4, 0.5) is 11.4 Å². The third-order valence-corrected chi connectivity index (χ3v) is 5.15. The first-order valence-corrected chi connectivity index (χ1v) is 10.3. The van der Waals surface area contributed by atoms with Crippen molar-refractivity contribution in [3.8, 4) is 5.75 Å². The molecule has 166 valence electrons. The lowest BCUT2D eigenvalue weighted by atomic mass is 10.1. The molecule has 3 aromatic carbocycles. The van der Waals surface area contributed by atoms with E-state index in [1.165, 1.54) is 18.2 Å². The maximum absolute atomic E-state index is 12.9. The van der Waals surface area contributed by atoms with Crippen LogP contribution in [0.5, 0.6) is 5.75 Å². The molecule has 0 bridgehead atoms. The summed E-state index contributed by atoms with van der Waals surface area (Å²) >= 11 is 6.10. The molecule has 8 nitrogen and oxygen atoms in total. The predicted octanol–water partition coefficient (Wildman–Crippen LogP) is 4.60. The quantitative estimate of drug-likeness (QED) is 0.249. The average molecular weight is 464 g/mol. The minimum atomic E-state index is -0.642. The highest BCUT2D eigenvalue weighted by molar-refractivity contribution is 6.32. The number of nitro benzene ring substituents is 1. The van der Waals surface area contributed by atoms with Crippen molar-refractivity contribution in [1.82, 2.24) is 5.43 Å². The molecule has 1 aliphatic rings. The molecule has 0 radical (unpaired) electrons. The summed E-state index contributed by atoms with van der Waals surface area (Å²) in [5, 5.41) is 12.9. The molecule has 0 aromatic heterocycles. The molecule has 1 aliphatic heterocycles. The van der Waals surface area contributed by atoms with Crippen molar-refractivity contribution in [3.05, 3.63) is 104 Å². The minimum Gasteiger partial charge on any atom is -0.482 e. The van der Waals surface area contributed by atoms with E-state index in [4.69, 9.17) is 16.3 Å². The highest BCUT2D eigenvalue weighted by atomic mass is 35.5. The van der Waals surface area contributed by atoms with Crippen molar-refractivity contribution in [2.45, 2.75) is 13.5 Å². The van der Waals surface area contributed by atoms with Crippen LogP contribution in [0.2, 0.25) is 5.02 Å². The summed E-state index contributed by atoms with van der Waals surface area (Å²) < 4.78 is 5.82. The van der Waals surface area contributed by atoms with Gasteiger partial charge in [-0.1, -0.05) is 59.6 Å². The number of nitro groups is 1. The predicted molar refractivity (Wildman–Crippen MR) is 124 cm³/mol. The molecular formula is C24H18ClN3O5. The molecule has 0 saturated carbocycles. The van der Waals surface area contributed by atoms with Gasteiger partial charge in [-0.15, -0.1) is 0 Å². The number of carbonyl (C=O) groups excluding carboxylic acids is 2. The van der Waals surface area contributed by atoms with Gasteiger partial charge in [0.2, 0.25) is 5.75 Å². The molecule has 3 aromatic rings. The minimum absolute atomic E-state index is 0.0522. The summed E-state index contributed by atoms with van der Waals surface area (Å²) in [7, 11) is 0. The van der Waals surface area contributed by atoms with Gasteiger partial charge >= 0.3 is 5.69 Å². The number of aryl methyl sites for hydroxylation is 1. The van der Waals surface area contributed by atoms with Crippen LogP contribution in [0.1, 0.15) is 16.7 Å². The Hall–Kier alpha value is -4.17. The first-order chi connectivity index (χ1) is 15.8. The van der Waals surface area contributed by atoms with Gasteiger partial charge in [0.25, 0.3) is 11.8 Å². The molecule has 1 N–H and O–H groups in total. The second-order valence-corrected chi connectivity index (χ2v) is 7.79. The molecule has 1 saturated heterocycles. The van der Waals surface area contributed by atoms with Crippen LogP contribution < -0.4 is 15.2 Å². The van der Waals surface area contributed by atoms with Gasteiger partial charge in [-0.05, 0) is 36.8 Å². The number of hydrogen-bond donors (Lipinski definition) is 1. The topological polar surface area (TPSA) is 102 Å². The van der Waals surface area contributed by atoms with Crippen molar-refractivity contribution in [3.63, 3.8) is 0 Å². The van der Waals surface area contributed by atoms with Gasteiger partial charge in [-0.2, -0.15) is 0 Å². The second kappa shape index (κ2) is 9.13. The van der Waals surface area contributed by atoms with Crippen LogP contribution in [-0.4, -0.2) is 16.7 Å². The van der Waals surface area contributed by atoms with E-state index in [0.717, 1.165) is 16.1 Å². The van der Waals surface area contributed by atoms with E-state index in [9.17, 15) is 19.7 Å². The van der Waals surface area contributed by atoms with E-state index in [2.05, 4.69) is 5.43 Å². The zero-order valence-electron chi connectivity index (χ0n) is 17.4. The van der Waals surface area contributed by atoms with Crippen LogP contribution in [0.25, 0.3) is 6.08 Å². The number of anilines is 1. The first-order valence-electron chi connectivity index (χ1n) is 9.92. The van der Waals surface area contributed by atoms with Crippen LogP contribution in [0, 0.1) is 17.0 Å². The summed E-state index contributed by atoms with van der Waals surface area (Å²) in [6.07, 6.45) is 1.26. The monoisotopic (exact) mass is 463 g/mol. The van der Waals surface area contributed by atoms with Crippen LogP contribution in [-0.2, 0) is 16.2 Å². The van der Waals surface area contributed by atoms with Crippen LogP contribution >= 0.6 is 11.6 Å². The normalized spacial score (nSPS) is 14.5. The fourth-order valence-electron chi connectivity index (χ4n) is 3.43. The third-order valence-electron chi connectivity index (χ3n) is 4.93. The van der Waals surface area contributed by atoms with Crippen molar-refractivity contribution < 1.29 is 19.2 Å². The standard InChI is InChI=1S/C24H18ClN3O5/c1-15-6-5-7-16(10-15)14-33-22-17(11-18(25)13-21(22)28(31)32)12-20-23(29)26-27(24(20)30)19-8-3-2-4-9-19/h2-13H,14H2,1H3,(H,26,29)/b20-12-. The number of nitrogens with one attached hydrogen (secondary N) is 1. The van der Waals surface area contributed by atoms with E-state index >= 15 is 0 Å². The molecule has 0 atom stereocenters. The lowest BCUT2D eigenvalue weighted by Gasteiger charge is -2.14. The molecule has 4 rings (SSSR count). The van der Waals surface area contributed by atoms with Crippen molar-refractivity contribution in [1.29, 1.82) is 0 Å². The Bertz CT molecular complexity index is 1290. The number of halogens is 1. The van der Waals surface area contributed by atoms with Crippen LogP contribution in [0.3, 0.4) is 0 Å². The van der Waals surface area contributed by atoms with Crippen molar-refractivity contribution in [2.24, 2.45) is 0 Å². The van der Waals surface area contributed by atoms with E-state index in [1.54, 1.807) is 30.3 Å². The summed E-state index contributed by atoms with van der Waals surface area (Å²) in [5.74, 6) is -1.33. The smallest absolute Gasteiger partial charge is 0.313 e. The molecule has 0 spiro atoms. The number of benzene rings is 3. The Labute approximate surface area is 194 Å². The lowest BCUT2D eigenvalue weighted by molar-refractivity contribution is -0.385. The van der Waals surface area contributed by atoms with E-state index in [1.807, 2.05) is 31.2 Å². The molecule has 0 unspecified atom stereocenters. The number of para-hydroxylation sites is 1. The highest BCUT2D eigenvalue weighted by Crippen LogP contribution is 2.37. The summed E-state index contributed by atoms with van der Waals surface area (Å²) in [5.41, 5.74) is 4.38. The van der Waals surface area contributed by atoms with Gasteiger partial charge in [0.05, 0.1) is 10.6 Å². The number of hydrogen-bond acceptors (Lipinski definition) is 5. The zero-order valence-corrected chi connectivity index (χ0v) is 18.2. The fourth-order valence-corrected chi connectivity index (χ4v) is 3.65. The van der Waals surface area contributed by atoms with Gasteiger partial charge in [-0.3, -0.25) is 25.1 Å². The number of ether oxygens (including phenoxy) is 1. The van der Waals surface area contributed by atoms with Crippen LogP contribution in [0.15, 0.2) is 72.3 Å². The Morgan fingerprint density at radius 3 is 2.55 bits per heavy atom. The number of rotatable bonds is 6. The number of carbonyl (C=O) groups is 2. The SMILES string of the molecule is Cc1cccc(COc2c(/C=C3/C(=O)NN(c4ccccc4)C3=O)cc(Cl)cc2[N+](=O)[O-])c1. The number of hydrazine groups is 1. The van der Waals surface area contributed by atoms with Gasteiger partial charge in [0.15, 0.2) is 0 Å². The molecule has 2 amide bonds. The summed E-state index contributed by atoms with van der Waals surface area (Å²) in [6, 6.07) is 18.7. The zero-order chi connectivity index (χ0) is 23.5. The van der Waals surface area contributed by atoms with Gasteiger partial charge in [-0.25, -0.2) is 5.01 Å². The van der Waals surface area contributed by atoms with E-state index in [0.29, 0.717) is 5.69 Å². The molecule has 9 heteroatoms. The lowest BCUT2D eigenvalue weighted by Crippen LogP contribution is -2.35. The molecule has 1 fully saturated rings. The van der Waals surface area contributed by atoms with Gasteiger partial charge in [0.1, 0.15) is 12.2 Å². The highest BCUT2D eigenvalue weighted by Gasteiger charge is 2.35. The number of amides is 2. The Balaban J connectivity index is 1.73. The third kappa shape index (κ3) is 4.70. The van der Waals surface area contributed by atoms with Gasteiger partial charge in [0, 0.05) is 16.7 Å². The maximum atomic E-state index is 12.9. The van der Waals surface area contributed by atoms with E-state index < -0.39 is 16.7 Å². The summed E-state index contributed by atoms with van der Waals surface area (Å²) in [4.78, 5) is 36.5. The fraction of sp³-hybridized carbons (Fsp3) is 0.0833. The van der Waals surface area contributed by atoms with E-state index in [-0.39, 0.29) is 34.2 Å². The number of nitrogens with zero attached hydrogens (tertiary/aromatic N) is 2. The molecule has 1 heterocycles. The summed E-state index contributed by atoms with van der Waals surface area (Å²) in [6.45, 7) is 1.98. The van der Waals surface area contributed by atoms with Crippen molar-refractivity contribution >= 4 is 40.9 Å². The molecule has 33 heavy (non-hydrogen) atoms. The average Bonchev–Trinajstić information content (AvgIpc) is 3.07. The Morgan fingerprint density at radius 1 is 1.09 bits per heavy atom.